The molecule has 218 valence electrons. The van der Waals surface area contributed by atoms with E-state index in [1.165, 1.54) is 13.2 Å². The highest BCUT2D eigenvalue weighted by molar-refractivity contribution is 7.91. The highest BCUT2D eigenvalue weighted by atomic mass is 32.2. The molecule has 0 saturated carbocycles. The highest BCUT2D eigenvalue weighted by Crippen LogP contribution is 2.45. The first-order chi connectivity index (χ1) is 19.6. The van der Waals surface area contributed by atoms with Crippen molar-refractivity contribution in [2.24, 2.45) is 0 Å². The Balaban J connectivity index is 1.41. The van der Waals surface area contributed by atoms with Crippen molar-refractivity contribution in [2.75, 3.05) is 33.2 Å². The van der Waals surface area contributed by atoms with Gasteiger partial charge in [-0.25, -0.2) is 12.8 Å². The summed E-state index contributed by atoms with van der Waals surface area (Å²) in [6.07, 6.45) is 1.43. The number of carbonyl (C=O) groups excluding carboxylic acids is 1. The summed E-state index contributed by atoms with van der Waals surface area (Å²) in [6.45, 7) is 4.57. The molecular formula is C32H35FO7S. The van der Waals surface area contributed by atoms with Gasteiger partial charge in [-0.2, -0.15) is 0 Å². The summed E-state index contributed by atoms with van der Waals surface area (Å²) in [7, 11) is -0.526. The number of methoxy groups -OCH3 is 2. The maximum Gasteiger partial charge on any atom is 0.306 e. The number of ether oxygens (including phenoxy) is 4. The maximum atomic E-state index is 15.3. The van der Waals surface area contributed by atoms with Crippen molar-refractivity contribution >= 4 is 15.8 Å². The Kier molecular flexibility index (Phi) is 8.38. The van der Waals surface area contributed by atoms with Crippen LogP contribution in [0.2, 0.25) is 0 Å². The Morgan fingerprint density at radius 1 is 1.07 bits per heavy atom. The molecule has 0 fully saturated rings. The van der Waals surface area contributed by atoms with Gasteiger partial charge in [0.25, 0.3) is 0 Å². The van der Waals surface area contributed by atoms with Crippen molar-refractivity contribution in [1.29, 1.82) is 0 Å². The summed E-state index contributed by atoms with van der Waals surface area (Å²) in [5.74, 6) is 0.563. The monoisotopic (exact) mass is 582 g/mol. The molecule has 1 aliphatic carbocycles. The van der Waals surface area contributed by atoms with Gasteiger partial charge in [0.05, 0.1) is 30.8 Å². The molecule has 0 N–H and O–H groups in total. The number of benzene rings is 3. The zero-order valence-corrected chi connectivity index (χ0v) is 24.6. The van der Waals surface area contributed by atoms with E-state index in [-0.39, 0.29) is 29.9 Å². The SMILES string of the molecule is COCCCS(=O)(=O)c1cc(C)c(-c2ccc(F)c3c2CC[C@H]3Oc2ccc3c(c2)OC[C@H]3CC(=O)OC)c(C)c1. The lowest BCUT2D eigenvalue weighted by atomic mass is 9.90. The van der Waals surface area contributed by atoms with E-state index in [0.717, 1.165) is 33.4 Å². The van der Waals surface area contributed by atoms with Crippen molar-refractivity contribution in [3.63, 3.8) is 0 Å². The summed E-state index contributed by atoms with van der Waals surface area (Å²) in [4.78, 5) is 12.0. The summed E-state index contributed by atoms with van der Waals surface area (Å²) in [5.41, 5.74) is 5.80. The third-order valence-corrected chi connectivity index (χ3v) is 9.74. The number of hydrogen-bond donors (Lipinski definition) is 0. The van der Waals surface area contributed by atoms with E-state index in [1.54, 1.807) is 31.4 Å². The molecule has 0 radical (unpaired) electrons. The van der Waals surface area contributed by atoms with E-state index >= 15 is 4.39 Å². The van der Waals surface area contributed by atoms with Crippen LogP contribution in [0.15, 0.2) is 47.4 Å². The van der Waals surface area contributed by atoms with Crippen LogP contribution in [0, 0.1) is 19.7 Å². The standard InChI is InChI=1S/C32H35FO7S/c1-19-14-23(41(35,36)13-5-12-37-3)15-20(2)31(19)25-8-10-27(33)32-26(25)9-11-28(32)40-22-6-7-24-21(16-30(34)38-4)18-39-29(24)17-22/h6-8,10,14-15,17,21,28H,5,9,11-13,16,18H2,1-4H3/t21-,28-/m1/s1. The largest absolute Gasteiger partial charge is 0.492 e. The van der Waals surface area contributed by atoms with Gasteiger partial charge >= 0.3 is 5.97 Å². The molecular weight excluding hydrogens is 547 g/mol. The Bertz CT molecular complexity index is 1560. The number of aryl methyl sites for hydroxylation is 2. The van der Waals surface area contributed by atoms with Crippen LogP contribution >= 0.6 is 0 Å². The molecule has 1 heterocycles. The van der Waals surface area contributed by atoms with Crippen molar-refractivity contribution < 1.29 is 36.6 Å². The molecule has 9 heteroatoms. The average molecular weight is 583 g/mol. The normalized spacial score (nSPS) is 17.6. The van der Waals surface area contributed by atoms with Gasteiger partial charge in [0.1, 0.15) is 23.4 Å². The van der Waals surface area contributed by atoms with Gasteiger partial charge in [0, 0.05) is 36.8 Å². The van der Waals surface area contributed by atoms with E-state index in [4.69, 9.17) is 18.9 Å². The smallest absolute Gasteiger partial charge is 0.306 e. The lowest BCUT2D eigenvalue weighted by molar-refractivity contribution is -0.141. The van der Waals surface area contributed by atoms with Crippen molar-refractivity contribution in [1.82, 2.24) is 0 Å². The van der Waals surface area contributed by atoms with E-state index < -0.39 is 15.9 Å². The Labute approximate surface area is 240 Å². The number of hydrogen-bond acceptors (Lipinski definition) is 7. The number of halogens is 1. The minimum Gasteiger partial charge on any atom is -0.492 e. The molecule has 5 rings (SSSR count). The second-order valence-corrected chi connectivity index (χ2v) is 12.8. The number of sulfone groups is 1. The van der Waals surface area contributed by atoms with Crippen molar-refractivity contribution in [2.45, 2.75) is 56.4 Å². The molecule has 7 nitrogen and oxygen atoms in total. The van der Waals surface area contributed by atoms with Crippen LogP contribution in [-0.4, -0.2) is 47.6 Å². The molecule has 2 aliphatic rings. The lowest BCUT2D eigenvalue weighted by Gasteiger charge is -2.19. The van der Waals surface area contributed by atoms with Gasteiger partial charge in [-0.3, -0.25) is 4.79 Å². The van der Waals surface area contributed by atoms with Gasteiger partial charge in [-0.1, -0.05) is 12.1 Å². The first-order valence-electron chi connectivity index (χ1n) is 13.8. The fourth-order valence-electron chi connectivity index (χ4n) is 6.01. The van der Waals surface area contributed by atoms with E-state index in [2.05, 4.69) is 0 Å². The zero-order valence-electron chi connectivity index (χ0n) is 23.8. The highest BCUT2D eigenvalue weighted by Gasteiger charge is 2.32. The average Bonchev–Trinajstić information content (AvgIpc) is 3.54. The molecule has 0 amide bonds. The van der Waals surface area contributed by atoms with Gasteiger partial charge < -0.3 is 18.9 Å². The van der Waals surface area contributed by atoms with Gasteiger partial charge in [-0.05, 0) is 85.2 Å². The van der Waals surface area contributed by atoms with Gasteiger partial charge in [0.2, 0.25) is 0 Å². The van der Waals surface area contributed by atoms with Crippen molar-refractivity contribution in [3.05, 3.63) is 76.1 Å². The first kappa shape index (κ1) is 29.1. The summed E-state index contributed by atoms with van der Waals surface area (Å²) in [6, 6.07) is 12.2. The van der Waals surface area contributed by atoms with Crippen LogP contribution in [0.25, 0.3) is 11.1 Å². The molecule has 3 aromatic rings. The third-order valence-electron chi connectivity index (χ3n) is 7.96. The van der Waals surface area contributed by atoms with Crippen LogP contribution < -0.4 is 9.47 Å². The van der Waals surface area contributed by atoms with Gasteiger partial charge in [0.15, 0.2) is 9.84 Å². The number of rotatable bonds is 10. The molecule has 41 heavy (non-hydrogen) atoms. The molecule has 0 unspecified atom stereocenters. The van der Waals surface area contributed by atoms with E-state index in [1.807, 2.05) is 26.0 Å². The minimum atomic E-state index is -3.45. The third kappa shape index (κ3) is 5.83. The summed E-state index contributed by atoms with van der Waals surface area (Å²) >= 11 is 0. The quantitative estimate of drug-likeness (QED) is 0.213. The molecule has 0 aromatic heterocycles. The van der Waals surface area contributed by atoms with E-state index in [0.29, 0.717) is 54.4 Å². The fraction of sp³-hybridized carbons (Fsp3) is 0.406. The second kappa shape index (κ2) is 11.8. The number of esters is 1. The predicted molar refractivity (Wildman–Crippen MR) is 153 cm³/mol. The van der Waals surface area contributed by atoms with Crippen LogP contribution in [0.5, 0.6) is 11.5 Å². The van der Waals surface area contributed by atoms with Crippen LogP contribution in [0.4, 0.5) is 4.39 Å². The molecule has 0 bridgehead atoms. The van der Waals surface area contributed by atoms with Crippen LogP contribution in [0.1, 0.15) is 59.1 Å². The Hall–Kier alpha value is -3.43. The summed E-state index contributed by atoms with van der Waals surface area (Å²) < 4.78 is 63.0. The Morgan fingerprint density at radius 2 is 1.83 bits per heavy atom. The first-order valence-corrected chi connectivity index (χ1v) is 15.4. The Morgan fingerprint density at radius 3 is 2.54 bits per heavy atom. The molecule has 0 spiro atoms. The zero-order chi connectivity index (χ0) is 29.3. The summed E-state index contributed by atoms with van der Waals surface area (Å²) in [5, 5.41) is 0. The maximum absolute atomic E-state index is 15.3. The van der Waals surface area contributed by atoms with Gasteiger partial charge in [-0.15, -0.1) is 0 Å². The topological polar surface area (TPSA) is 88.1 Å². The number of carbonyl (C=O) groups is 1. The minimum absolute atomic E-state index is 0.0176. The number of fused-ring (bicyclic) bond motifs is 2. The second-order valence-electron chi connectivity index (χ2n) is 10.7. The molecule has 3 aromatic carbocycles. The molecule has 1 aliphatic heterocycles. The van der Waals surface area contributed by atoms with E-state index in [9.17, 15) is 13.2 Å². The van der Waals surface area contributed by atoms with Crippen LogP contribution in [0.3, 0.4) is 0 Å². The molecule has 0 saturated heterocycles. The van der Waals surface area contributed by atoms with Crippen LogP contribution in [-0.2, 0) is 30.5 Å². The lowest BCUT2D eigenvalue weighted by Crippen LogP contribution is -2.10. The fourth-order valence-corrected chi connectivity index (χ4v) is 7.46. The van der Waals surface area contributed by atoms with Crippen molar-refractivity contribution in [3.8, 4) is 22.6 Å². The molecule has 2 atom stereocenters. The predicted octanol–water partition coefficient (Wildman–Crippen LogP) is 6.03.